The van der Waals surface area contributed by atoms with Crippen LogP contribution in [0.25, 0.3) is 0 Å². The first kappa shape index (κ1) is 23.5. The third kappa shape index (κ3) is 6.36. The Morgan fingerprint density at radius 2 is 1.87 bits per heavy atom. The zero-order valence-electron chi connectivity index (χ0n) is 17.2. The average molecular weight is 454 g/mol. The average Bonchev–Trinajstić information content (AvgIpc) is 2.70. The van der Waals surface area contributed by atoms with Gasteiger partial charge in [-0.1, -0.05) is 11.6 Å². The molecule has 0 saturated heterocycles. The summed E-state index contributed by atoms with van der Waals surface area (Å²) < 4.78 is 36.1. The van der Waals surface area contributed by atoms with E-state index in [1.807, 2.05) is 19.1 Å². The first-order valence-corrected chi connectivity index (χ1v) is 11.3. The number of hydrazone groups is 1. The van der Waals surface area contributed by atoms with Crippen molar-refractivity contribution in [1.29, 1.82) is 0 Å². The van der Waals surface area contributed by atoms with Gasteiger partial charge in [0.25, 0.3) is 5.91 Å². The van der Waals surface area contributed by atoms with Crippen LogP contribution in [0.4, 0.5) is 5.69 Å². The SMILES string of the molecule is CCOc1ccc(/C(C)=N\NC(=O)CN(c2cc(Cl)ccc2OC)S(C)(=O)=O)cc1. The van der Waals surface area contributed by atoms with E-state index < -0.39 is 22.5 Å². The molecular weight excluding hydrogens is 430 g/mol. The van der Waals surface area contributed by atoms with Crippen LogP contribution in [0.2, 0.25) is 5.02 Å². The van der Waals surface area contributed by atoms with Gasteiger partial charge in [0.2, 0.25) is 10.0 Å². The van der Waals surface area contributed by atoms with Crippen LogP contribution in [0.15, 0.2) is 47.6 Å². The number of hydrogen-bond acceptors (Lipinski definition) is 6. The lowest BCUT2D eigenvalue weighted by Gasteiger charge is -2.23. The van der Waals surface area contributed by atoms with Gasteiger partial charge in [-0.05, 0) is 61.9 Å². The lowest BCUT2D eigenvalue weighted by atomic mass is 10.1. The molecule has 0 saturated carbocycles. The summed E-state index contributed by atoms with van der Waals surface area (Å²) in [5, 5.41) is 4.37. The van der Waals surface area contributed by atoms with E-state index in [1.54, 1.807) is 25.1 Å². The number of ether oxygens (including phenoxy) is 2. The van der Waals surface area contributed by atoms with Crippen molar-refractivity contribution in [2.45, 2.75) is 13.8 Å². The Bertz CT molecular complexity index is 1020. The van der Waals surface area contributed by atoms with Gasteiger partial charge in [-0.2, -0.15) is 5.10 Å². The Morgan fingerprint density at radius 3 is 2.43 bits per heavy atom. The number of nitrogens with one attached hydrogen (secondary N) is 1. The van der Waals surface area contributed by atoms with Crippen molar-refractivity contribution in [3.8, 4) is 11.5 Å². The predicted molar refractivity (Wildman–Crippen MR) is 118 cm³/mol. The second kappa shape index (κ2) is 10.3. The third-order valence-corrected chi connectivity index (χ3v) is 5.39. The zero-order valence-corrected chi connectivity index (χ0v) is 18.7. The molecule has 0 bridgehead atoms. The zero-order chi connectivity index (χ0) is 22.3. The molecule has 2 rings (SSSR count). The summed E-state index contributed by atoms with van der Waals surface area (Å²) in [5.41, 5.74) is 3.89. The molecule has 0 aliphatic carbocycles. The predicted octanol–water partition coefficient (Wildman–Crippen LogP) is 3.05. The number of sulfonamides is 1. The quantitative estimate of drug-likeness (QED) is 0.465. The first-order valence-electron chi connectivity index (χ1n) is 9.03. The molecule has 0 aromatic heterocycles. The van der Waals surface area contributed by atoms with Gasteiger partial charge < -0.3 is 9.47 Å². The maximum atomic E-state index is 12.4. The standard InChI is InChI=1S/C20H24ClN3O5S/c1-5-29-17-9-6-15(7-10-17)14(2)22-23-20(25)13-24(30(4,26)27)18-12-16(21)8-11-19(18)28-3/h6-12H,5,13H2,1-4H3,(H,23,25)/b22-14-. The second-order valence-electron chi connectivity index (χ2n) is 6.28. The third-order valence-electron chi connectivity index (χ3n) is 4.03. The van der Waals surface area contributed by atoms with Crippen molar-refractivity contribution in [2.24, 2.45) is 5.10 Å². The van der Waals surface area contributed by atoms with E-state index >= 15 is 0 Å². The Balaban J connectivity index is 2.17. The highest BCUT2D eigenvalue weighted by Crippen LogP contribution is 2.32. The number of rotatable bonds is 9. The number of benzene rings is 2. The molecule has 8 nitrogen and oxygen atoms in total. The molecule has 2 aromatic rings. The van der Waals surface area contributed by atoms with Gasteiger partial charge in [0, 0.05) is 5.02 Å². The molecule has 0 spiro atoms. The fraction of sp³-hybridized carbons (Fsp3) is 0.300. The van der Waals surface area contributed by atoms with Crippen LogP contribution in [0.5, 0.6) is 11.5 Å². The Morgan fingerprint density at radius 1 is 1.20 bits per heavy atom. The molecule has 1 amide bonds. The van der Waals surface area contributed by atoms with Crippen molar-refractivity contribution < 1.29 is 22.7 Å². The van der Waals surface area contributed by atoms with Gasteiger partial charge >= 0.3 is 0 Å². The van der Waals surface area contributed by atoms with E-state index in [0.29, 0.717) is 17.3 Å². The van der Waals surface area contributed by atoms with Crippen LogP contribution in [0, 0.1) is 0 Å². The van der Waals surface area contributed by atoms with Gasteiger partial charge in [0.15, 0.2) is 0 Å². The summed E-state index contributed by atoms with van der Waals surface area (Å²) in [6, 6.07) is 11.7. The maximum absolute atomic E-state index is 12.4. The van der Waals surface area contributed by atoms with Crippen molar-refractivity contribution in [3.05, 3.63) is 53.1 Å². The molecule has 162 valence electrons. The summed E-state index contributed by atoms with van der Waals surface area (Å²) in [5.74, 6) is 0.386. The fourth-order valence-corrected chi connectivity index (χ4v) is 3.59. The van der Waals surface area contributed by atoms with E-state index in [0.717, 1.165) is 21.9 Å². The molecule has 2 aromatic carbocycles. The van der Waals surface area contributed by atoms with Crippen molar-refractivity contribution in [3.63, 3.8) is 0 Å². The van der Waals surface area contributed by atoms with Crippen molar-refractivity contribution in [1.82, 2.24) is 5.43 Å². The van der Waals surface area contributed by atoms with Crippen LogP contribution in [0.1, 0.15) is 19.4 Å². The summed E-state index contributed by atoms with van der Waals surface area (Å²) in [4.78, 5) is 12.4. The molecule has 30 heavy (non-hydrogen) atoms. The Labute approximate surface area is 181 Å². The summed E-state index contributed by atoms with van der Waals surface area (Å²) in [7, 11) is -2.39. The van der Waals surface area contributed by atoms with Crippen LogP contribution in [-0.4, -0.2) is 46.6 Å². The molecule has 0 aliphatic heterocycles. The topological polar surface area (TPSA) is 97.3 Å². The molecule has 10 heteroatoms. The monoisotopic (exact) mass is 453 g/mol. The number of halogens is 1. The van der Waals surface area contributed by atoms with Crippen LogP contribution in [-0.2, 0) is 14.8 Å². The number of amides is 1. The Kier molecular flexibility index (Phi) is 8.08. The molecule has 0 radical (unpaired) electrons. The van der Waals surface area contributed by atoms with E-state index in [1.165, 1.54) is 19.2 Å². The normalized spacial score (nSPS) is 11.7. The number of carbonyl (C=O) groups is 1. The molecule has 0 fully saturated rings. The van der Waals surface area contributed by atoms with E-state index in [-0.39, 0.29) is 11.4 Å². The van der Waals surface area contributed by atoms with Gasteiger partial charge in [-0.25, -0.2) is 13.8 Å². The van der Waals surface area contributed by atoms with Crippen LogP contribution >= 0.6 is 11.6 Å². The van der Waals surface area contributed by atoms with Crippen LogP contribution < -0.4 is 19.2 Å². The first-order chi connectivity index (χ1) is 14.2. The molecule has 0 unspecified atom stereocenters. The minimum absolute atomic E-state index is 0.162. The number of anilines is 1. The number of hydrogen-bond donors (Lipinski definition) is 1. The number of methoxy groups -OCH3 is 1. The molecule has 0 atom stereocenters. The Hall–Kier alpha value is -2.78. The van der Waals surface area contributed by atoms with Gasteiger partial charge in [0.1, 0.15) is 18.0 Å². The van der Waals surface area contributed by atoms with E-state index in [2.05, 4.69) is 10.5 Å². The summed E-state index contributed by atoms with van der Waals surface area (Å²) in [6.45, 7) is 3.70. The minimum Gasteiger partial charge on any atom is -0.495 e. The van der Waals surface area contributed by atoms with Crippen molar-refractivity contribution in [2.75, 3.05) is 30.8 Å². The maximum Gasteiger partial charge on any atom is 0.260 e. The highest BCUT2D eigenvalue weighted by atomic mass is 35.5. The highest BCUT2D eigenvalue weighted by Gasteiger charge is 2.24. The van der Waals surface area contributed by atoms with E-state index in [4.69, 9.17) is 21.1 Å². The molecule has 0 heterocycles. The molecular formula is C20H24ClN3O5S. The second-order valence-corrected chi connectivity index (χ2v) is 8.62. The van der Waals surface area contributed by atoms with E-state index in [9.17, 15) is 13.2 Å². The summed E-state index contributed by atoms with van der Waals surface area (Å²) in [6.07, 6.45) is 0.995. The summed E-state index contributed by atoms with van der Waals surface area (Å²) >= 11 is 6.00. The smallest absolute Gasteiger partial charge is 0.260 e. The molecule has 0 aliphatic rings. The highest BCUT2D eigenvalue weighted by molar-refractivity contribution is 7.92. The fourth-order valence-electron chi connectivity index (χ4n) is 2.57. The number of carbonyl (C=O) groups excluding carboxylic acids is 1. The largest absolute Gasteiger partial charge is 0.495 e. The molecule has 1 N–H and O–H groups in total. The van der Waals surface area contributed by atoms with Gasteiger partial charge in [0.05, 0.1) is 31.4 Å². The van der Waals surface area contributed by atoms with Gasteiger partial charge in [-0.15, -0.1) is 0 Å². The lowest BCUT2D eigenvalue weighted by Crippen LogP contribution is -2.39. The van der Waals surface area contributed by atoms with Crippen LogP contribution in [0.3, 0.4) is 0 Å². The number of nitrogens with zero attached hydrogens (tertiary/aromatic N) is 2. The lowest BCUT2D eigenvalue weighted by molar-refractivity contribution is -0.119. The minimum atomic E-state index is -3.79. The van der Waals surface area contributed by atoms with Crippen molar-refractivity contribution >= 4 is 38.9 Å². The van der Waals surface area contributed by atoms with Gasteiger partial charge in [-0.3, -0.25) is 9.10 Å².